The second kappa shape index (κ2) is 4.75. The molecular formula is C13H16O4. The van der Waals surface area contributed by atoms with Gasteiger partial charge in [-0.1, -0.05) is 12.1 Å². The van der Waals surface area contributed by atoms with E-state index >= 15 is 0 Å². The van der Waals surface area contributed by atoms with E-state index in [0.717, 1.165) is 23.3 Å². The second-order valence-corrected chi connectivity index (χ2v) is 4.34. The number of methoxy groups -OCH3 is 1. The fraction of sp³-hybridized carbons (Fsp3) is 0.462. The van der Waals surface area contributed by atoms with Crippen LogP contribution < -0.4 is 4.74 Å². The zero-order valence-corrected chi connectivity index (χ0v) is 9.97. The van der Waals surface area contributed by atoms with Crippen molar-refractivity contribution in [3.8, 4) is 5.75 Å². The molecule has 0 spiro atoms. The van der Waals surface area contributed by atoms with E-state index in [0.29, 0.717) is 6.42 Å². The van der Waals surface area contributed by atoms with Gasteiger partial charge in [-0.3, -0.25) is 0 Å². The lowest BCUT2D eigenvalue weighted by molar-refractivity contribution is -0.148. The first-order chi connectivity index (χ1) is 8.10. The maximum Gasteiger partial charge on any atom is 0.333 e. The minimum Gasteiger partial charge on any atom is -0.490 e. The van der Waals surface area contributed by atoms with Crippen LogP contribution in [0.1, 0.15) is 18.1 Å². The van der Waals surface area contributed by atoms with Crippen molar-refractivity contribution in [2.45, 2.75) is 32.0 Å². The van der Waals surface area contributed by atoms with Crippen molar-refractivity contribution in [3.05, 3.63) is 29.3 Å². The Kier molecular flexibility index (Phi) is 3.33. The third-order valence-corrected chi connectivity index (χ3v) is 2.94. The molecule has 1 aromatic rings. The summed E-state index contributed by atoms with van der Waals surface area (Å²) in [6.45, 7) is 2.02. The summed E-state index contributed by atoms with van der Waals surface area (Å²) < 4.78 is 10.5. The zero-order valence-electron chi connectivity index (χ0n) is 9.97. The van der Waals surface area contributed by atoms with Crippen LogP contribution in [0.15, 0.2) is 18.2 Å². The van der Waals surface area contributed by atoms with Gasteiger partial charge in [-0.25, -0.2) is 4.79 Å². The van der Waals surface area contributed by atoms with Gasteiger partial charge >= 0.3 is 5.97 Å². The molecule has 0 saturated heterocycles. The van der Waals surface area contributed by atoms with Crippen molar-refractivity contribution in [3.63, 3.8) is 0 Å². The first kappa shape index (κ1) is 11.9. The number of aliphatic carboxylic acids is 1. The average molecular weight is 236 g/mol. The molecule has 1 aromatic carbocycles. The van der Waals surface area contributed by atoms with Crippen LogP contribution in [0.3, 0.4) is 0 Å². The Labute approximate surface area is 100 Å². The topological polar surface area (TPSA) is 55.8 Å². The molecule has 2 rings (SSSR count). The smallest absolute Gasteiger partial charge is 0.333 e. The number of hydrogen-bond acceptors (Lipinski definition) is 3. The number of carbonyl (C=O) groups is 1. The Morgan fingerprint density at radius 2 is 2.41 bits per heavy atom. The number of fused-ring (bicyclic) bond motifs is 1. The third kappa shape index (κ3) is 2.58. The van der Waals surface area contributed by atoms with Gasteiger partial charge in [0.05, 0.1) is 0 Å². The van der Waals surface area contributed by atoms with Gasteiger partial charge in [0.1, 0.15) is 11.9 Å². The summed E-state index contributed by atoms with van der Waals surface area (Å²) in [6, 6.07) is 5.81. The van der Waals surface area contributed by atoms with Crippen LogP contribution in [0, 0.1) is 0 Å². The minimum atomic E-state index is -0.933. The maximum absolute atomic E-state index is 10.9. The Balaban J connectivity index is 2.13. The van der Waals surface area contributed by atoms with Gasteiger partial charge in [-0.15, -0.1) is 0 Å². The van der Waals surface area contributed by atoms with Crippen LogP contribution in [0.4, 0.5) is 0 Å². The highest BCUT2D eigenvalue weighted by Crippen LogP contribution is 2.29. The van der Waals surface area contributed by atoms with Gasteiger partial charge in [0.2, 0.25) is 0 Å². The molecule has 92 valence electrons. The van der Waals surface area contributed by atoms with Gasteiger partial charge in [-0.2, -0.15) is 0 Å². The monoisotopic (exact) mass is 236 g/mol. The van der Waals surface area contributed by atoms with Crippen LogP contribution in [0.25, 0.3) is 0 Å². The molecule has 4 heteroatoms. The SMILES string of the molecule is COC(Cc1ccc2c(c1)CC(C)O2)C(=O)O. The first-order valence-electron chi connectivity index (χ1n) is 5.64. The number of rotatable bonds is 4. The fourth-order valence-corrected chi connectivity index (χ4v) is 2.09. The molecular weight excluding hydrogens is 220 g/mol. The molecule has 2 unspecified atom stereocenters. The molecule has 0 aliphatic carbocycles. The summed E-state index contributed by atoms with van der Waals surface area (Å²) in [6.07, 6.45) is 0.687. The molecule has 0 saturated carbocycles. The Hall–Kier alpha value is -1.55. The summed E-state index contributed by atoms with van der Waals surface area (Å²) in [4.78, 5) is 10.9. The van der Waals surface area contributed by atoms with Crippen molar-refractivity contribution < 1.29 is 19.4 Å². The highest BCUT2D eigenvalue weighted by molar-refractivity contribution is 5.72. The van der Waals surface area contributed by atoms with Crippen LogP contribution in [-0.2, 0) is 22.4 Å². The van der Waals surface area contributed by atoms with Gasteiger partial charge in [0.25, 0.3) is 0 Å². The normalized spacial score (nSPS) is 19.5. The first-order valence-corrected chi connectivity index (χ1v) is 5.64. The lowest BCUT2D eigenvalue weighted by Crippen LogP contribution is -2.24. The van der Waals surface area contributed by atoms with Crippen molar-refractivity contribution in [2.24, 2.45) is 0 Å². The van der Waals surface area contributed by atoms with Crippen molar-refractivity contribution in [1.82, 2.24) is 0 Å². The lowest BCUT2D eigenvalue weighted by Gasteiger charge is -2.10. The number of hydrogen-bond donors (Lipinski definition) is 1. The molecule has 0 radical (unpaired) electrons. The molecule has 2 atom stereocenters. The molecule has 1 aliphatic heterocycles. The summed E-state index contributed by atoms with van der Waals surface area (Å²) in [5.74, 6) is -0.0249. The maximum atomic E-state index is 10.9. The van der Waals surface area contributed by atoms with E-state index in [4.69, 9.17) is 14.6 Å². The lowest BCUT2D eigenvalue weighted by atomic mass is 10.0. The number of ether oxygens (including phenoxy) is 2. The summed E-state index contributed by atoms with van der Waals surface area (Å²) in [5, 5.41) is 8.92. The molecule has 0 bridgehead atoms. The van der Waals surface area contributed by atoms with E-state index in [1.165, 1.54) is 7.11 Å². The van der Waals surface area contributed by atoms with Gasteiger partial charge in [0, 0.05) is 20.0 Å². The molecule has 1 heterocycles. The van der Waals surface area contributed by atoms with E-state index in [1.54, 1.807) is 0 Å². The molecule has 1 aliphatic rings. The average Bonchev–Trinajstić information content (AvgIpc) is 2.64. The Morgan fingerprint density at radius 3 is 3.06 bits per heavy atom. The molecule has 0 fully saturated rings. The Bertz CT molecular complexity index is 427. The van der Waals surface area contributed by atoms with Crippen LogP contribution in [0.5, 0.6) is 5.75 Å². The largest absolute Gasteiger partial charge is 0.490 e. The van der Waals surface area contributed by atoms with E-state index in [-0.39, 0.29) is 6.10 Å². The fourth-order valence-electron chi connectivity index (χ4n) is 2.09. The number of carboxylic acid groups (broad SMARTS) is 1. The van der Waals surface area contributed by atoms with Crippen LogP contribution in [-0.4, -0.2) is 30.4 Å². The van der Waals surface area contributed by atoms with E-state index in [1.807, 2.05) is 25.1 Å². The van der Waals surface area contributed by atoms with E-state index in [2.05, 4.69) is 0 Å². The van der Waals surface area contributed by atoms with E-state index in [9.17, 15) is 4.79 Å². The standard InChI is InChI=1S/C13H16O4/c1-8-5-10-6-9(3-4-11(10)17-8)7-12(16-2)13(14)15/h3-4,6,8,12H,5,7H2,1-2H3,(H,14,15). The molecule has 0 aromatic heterocycles. The van der Waals surface area contributed by atoms with Gasteiger partial charge < -0.3 is 14.6 Å². The summed E-state index contributed by atoms with van der Waals surface area (Å²) in [5.41, 5.74) is 2.12. The summed E-state index contributed by atoms with van der Waals surface area (Å²) >= 11 is 0. The van der Waals surface area contributed by atoms with Crippen LogP contribution in [0.2, 0.25) is 0 Å². The molecule has 0 amide bonds. The van der Waals surface area contributed by atoms with Crippen molar-refractivity contribution >= 4 is 5.97 Å². The predicted molar refractivity (Wildman–Crippen MR) is 62.4 cm³/mol. The third-order valence-electron chi connectivity index (χ3n) is 2.94. The van der Waals surface area contributed by atoms with Crippen molar-refractivity contribution in [2.75, 3.05) is 7.11 Å². The van der Waals surface area contributed by atoms with E-state index < -0.39 is 12.1 Å². The minimum absolute atomic E-state index is 0.206. The predicted octanol–water partition coefficient (Wildman–Crippen LogP) is 1.65. The van der Waals surface area contributed by atoms with Crippen molar-refractivity contribution in [1.29, 1.82) is 0 Å². The highest BCUT2D eigenvalue weighted by atomic mass is 16.5. The highest BCUT2D eigenvalue weighted by Gasteiger charge is 2.21. The van der Waals surface area contributed by atoms with Gasteiger partial charge in [0.15, 0.2) is 6.10 Å². The molecule has 4 nitrogen and oxygen atoms in total. The Morgan fingerprint density at radius 1 is 1.65 bits per heavy atom. The van der Waals surface area contributed by atoms with Gasteiger partial charge in [-0.05, 0) is 24.1 Å². The number of benzene rings is 1. The van der Waals surface area contributed by atoms with Crippen LogP contribution >= 0.6 is 0 Å². The zero-order chi connectivity index (χ0) is 12.4. The molecule has 1 N–H and O–H groups in total. The summed E-state index contributed by atoms with van der Waals surface area (Å²) in [7, 11) is 1.41. The second-order valence-electron chi connectivity index (χ2n) is 4.34. The quantitative estimate of drug-likeness (QED) is 0.863. The number of carboxylic acids is 1. The molecule has 17 heavy (non-hydrogen) atoms.